The van der Waals surface area contributed by atoms with Gasteiger partial charge in [0.25, 0.3) is 0 Å². The molecule has 2 aliphatic heterocycles. The zero-order valence-electron chi connectivity index (χ0n) is 15.9. The van der Waals surface area contributed by atoms with E-state index in [0.29, 0.717) is 39.0 Å². The van der Waals surface area contributed by atoms with Crippen LogP contribution in [-0.2, 0) is 32.8 Å². The second kappa shape index (κ2) is 7.63. The van der Waals surface area contributed by atoms with Crippen molar-refractivity contribution in [2.45, 2.75) is 57.7 Å². The van der Waals surface area contributed by atoms with Crippen LogP contribution in [0.2, 0.25) is 0 Å². The molecule has 1 aromatic rings. The van der Waals surface area contributed by atoms with Gasteiger partial charge in [-0.1, -0.05) is 0 Å². The fourth-order valence-corrected chi connectivity index (χ4v) is 3.69. The quantitative estimate of drug-likeness (QED) is 0.540. The van der Waals surface area contributed by atoms with Gasteiger partial charge in [-0.05, 0) is 20.8 Å². The van der Waals surface area contributed by atoms with Crippen molar-refractivity contribution in [3.63, 3.8) is 0 Å². The van der Waals surface area contributed by atoms with E-state index < -0.39 is 17.1 Å². The fraction of sp³-hybridized carbons (Fsp3) is 0.706. The van der Waals surface area contributed by atoms with E-state index in [1.807, 2.05) is 20.8 Å². The Balaban J connectivity index is 0.00000243. The monoisotopic (exact) mass is 357 g/mol. The van der Waals surface area contributed by atoms with E-state index in [4.69, 9.17) is 9.47 Å². The number of amides is 1. The maximum Gasteiger partial charge on any atom is 1.00 e. The molecule has 8 nitrogen and oxygen atoms in total. The SMILES string of the molecule is CC(C)(C)OC(=O)N1CCc2c(ncn2CC(=O)[O-])C12CCOCC2.[Li+]. The Morgan fingerprint density at radius 1 is 1.35 bits per heavy atom. The number of rotatable bonds is 2. The molecule has 138 valence electrons. The van der Waals surface area contributed by atoms with E-state index in [1.165, 1.54) is 6.33 Å². The van der Waals surface area contributed by atoms with Crippen molar-refractivity contribution >= 4 is 12.1 Å². The normalized spacial score (nSPS) is 18.8. The van der Waals surface area contributed by atoms with Crippen molar-refractivity contribution in [2.75, 3.05) is 19.8 Å². The van der Waals surface area contributed by atoms with Gasteiger partial charge in [0.2, 0.25) is 0 Å². The van der Waals surface area contributed by atoms with Crippen LogP contribution in [0.25, 0.3) is 0 Å². The molecule has 2 aliphatic rings. The number of aromatic nitrogens is 2. The van der Waals surface area contributed by atoms with Crippen LogP contribution < -0.4 is 24.0 Å². The third-order valence-electron chi connectivity index (χ3n) is 4.71. The first-order valence-corrected chi connectivity index (χ1v) is 8.56. The maximum absolute atomic E-state index is 12.8. The van der Waals surface area contributed by atoms with E-state index >= 15 is 0 Å². The van der Waals surface area contributed by atoms with Gasteiger partial charge in [0.05, 0.1) is 30.1 Å². The summed E-state index contributed by atoms with van der Waals surface area (Å²) in [6.07, 6.45) is 2.92. The molecule has 0 bridgehead atoms. The molecule has 1 amide bonds. The van der Waals surface area contributed by atoms with Crippen LogP contribution in [0.1, 0.15) is 45.0 Å². The van der Waals surface area contributed by atoms with Gasteiger partial charge in [-0.15, -0.1) is 0 Å². The van der Waals surface area contributed by atoms with Crippen molar-refractivity contribution in [2.24, 2.45) is 0 Å². The number of carbonyl (C=O) groups is 2. The summed E-state index contributed by atoms with van der Waals surface area (Å²) in [6.45, 7) is 6.78. The zero-order valence-corrected chi connectivity index (χ0v) is 15.9. The first-order valence-electron chi connectivity index (χ1n) is 8.56. The van der Waals surface area contributed by atoms with Crippen LogP contribution in [0, 0.1) is 0 Å². The minimum absolute atomic E-state index is 0. The first-order chi connectivity index (χ1) is 11.7. The molecule has 0 saturated carbocycles. The smallest absolute Gasteiger partial charge is 0.548 e. The molecule has 0 aromatic carbocycles. The number of ether oxygens (including phenoxy) is 2. The molecule has 1 saturated heterocycles. The summed E-state index contributed by atoms with van der Waals surface area (Å²) >= 11 is 0. The number of carbonyl (C=O) groups excluding carboxylic acids is 2. The summed E-state index contributed by atoms with van der Waals surface area (Å²) in [5.74, 6) is -1.16. The molecule has 0 aliphatic carbocycles. The summed E-state index contributed by atoms with van der Waals surface area (Å²) in [5, 5.41) is 11.0. The summed E-state index contributed by atoms with van der Waals surface area (Å²) < 4.78 is 12.7. The van der Waals surface area contributed by atoms with Crippen LogP contribution in [0.3, 0.4) is 0 Å². The molecule has 1 spiro atoms. The van der Waals surface area contributed by atoms with Gasteiger partial charge in [-0.2, -0.15) is 0 Å². The molecule has 3 heterocycles. The summed E-state index contributed by atoms with van der Waals surface area (Å²) in [6, 6.07) is 0. The maximum atomic E-state index is 12.8. The molecule has 3 rings (SSSR count). The van der Waals surface area contributed by atoms with Crippen LogP contribution in [0.5, 0.6) is 0 Å². The Morgan fingerprint density at radius 2 is 2.00 bits per heavy atom. The molecule has 0 atom stereocenters. The van der Waals surface area contributed by atoms with Crippen LogP contribution in [0.15, 0.2) is 6.33 Å². The van der Waals surface area contributed by atoms with Gasteiger partial charge in [0.1, 0.15) is 5.60 Å². The Morgan fingerprint density at radius 3 is 2.58 bits per heavy atom. The second-order valence-corrected chi connectivity index (χ2v) is 7.57. The molecule has 1 aromatic heterocycles. The molecule has 26 heavy (non-hydrogen) atoms. The van der Waals surface area contributed by atoms with Gasteiger partial charge >= 0.3 is 25.0 Å². The molecular weight excluding hydrogens is 333 g/mol. The van der Waals surface area contributed by atoms with Crippen molar-refractivity contribution < 1.29 is 43.0 Å². The number of hydrogen-bond donors (Lipinski definition) is 0. The van der Waals surface area contributed by atoms with Gasteiger partial charge < -0.3 is 23.9 Å². The first kappa shape index (κ1) is 20.8. The number of hydrogen-bond acceptors (Lipinski definition) is 6. The summed E-state index contributed by atoms with van der Waals surface area (Å²) in [5.41, 5.74) is 0.420. The Bertz CT molecular complexity index is 676. The molecule has 0 N–H and O–H groups in total. The minimum atomic E-state index is -1.16. The molecule has 0 radical (unpaired) electrons. The van der Waals surface area contributed by atoms with Crippen LogP contribution in [0.4, 0.5) is 4.79 Å². The summed E-state index contributed by atoms with van der Waals surface area (Å²) in [7, 11) is 0. The van der Waals surface area contributed by atoms with E-state index in [2.05, 4.69) is 4.98 Å². The molecule has 0 unspecified atom stereocenters. The molecule has 1 fully saturated rings. The Hall–Kier alpha value is -1.49. The number of nitrogens with zero attached hydrogens (tertiary/aromatic N) is 3. The Kier molecular flexibility index (Phi) is 6.11. The number of imidazole rings is 1. The van der Waals surface area contributed by atoms with Crippen molar-refractivity contribution in [3.8, 4) is 0 Å². The largest absolute Gasteiger partial charge is 1.00 e. The minimum Gasteiger partial charge on any atom is -0.548 e. The topological polar surface area (TPSA) is 96.7 Å². The number of carboxylic acid groups (broad SMARTS) is 1. The predicted octanol–water partition coefficient (Wildman–Crippen LogP) is -2.56. The van der Waals surface area contributed by atoms with E-state index in [0.717, 1.165) is 11.4 Å². The Labute approximate surface area is 165 Å². The van der Waals surface area contributed by atoms with Gasteiger partial charge in [0.15, 0.2) is 0 Å². The van der Waals surface area contributed by atoms with Gasteiger partial charge in [0, 0.05) is 44.7 Å². The predicted molar refractivity (Wildman–Crippen MR) is 85.6 cm³/mol. The van der Waals surface area contributed by atoms with E-state index in [-0.39, 0.29) is 31.5 Å². The average Bonchev–Trinajstić information content (AvgIpc) is 2.90. The second-order valence-electron chi connectivity index (χ2n) is 7.57. The third-order valence-corrected chi connectivity index (χ3v) is 4.71. The molecular formula is C17H24LiN3O5. The fourth-order valence-electron chi connectivity index (χ4n) is 3.69. The summed E-state index contributed by atoms with van der Waals surface area (Å²) in [4.78, 5) is 30.0. The number of fused-ring (bicyclic) bond motifs is 2. The van der Waals surface area contributed by atoms with Crippen LogP contribution >= 0.6 is 0 Å². The number of carboxylic acids is 1. The standard InChI is InChI=1S/C17H25N3O5.Li/c1-16(2,3)25-15(23)20-7-4-12-14(17(20)5-8-24-9-6-17)18-11-19(12)10-13(21)22;/h11H,4-10H2,1-3H3,(H,21,22);/q;+1/p-1. The van der Waals surface area contributed by atoms with Crippen LogP contribution in [-0.4, -0.2) is 51.9 Å². The van der Waals surface area contributed by atoms with Crippen molar-refractivity contribution in [1.82, 2.24) is 14.5 Å². The van der Waals surface area contributed by atoms with Crippen molar-refractivity contribution in [1.29, 1.82) is 0 Å². The third kappa shape index (κ3) is 3.92. The number of aliphatic carboxylic acids is 1. The van der Waals surface area contributed by atoms with E-state index in [9.17, 15) is 14.7 Å². The van der Waals surface area contributed by atoms with Gasteiger partial charge in [-0.3, -0.25) is 4.90 Å². The zero-order chi connectivity index (χ0) is 18.2. The average molecular weight is 357 g/mol. The molecule has 9 heteroatoms. The van der Waals surface area contributed by atoms with E-state index in [1.54, 1.807) is 9.47 Å². The van der Waals surface area contributed by atoms with Crippen molar-refractivity contribution in [3.05, 3.63) is 17.7 Å². The van der Waals surface area contributed by atoms with Gasteiger partial charge in [-0.25, -0.2) is 9.78 Å².